The van der Waals surface area contributed by atoms with Crippen LogP contribution in [0.2, 0.25) is 0 Å². The summed E-state index contributed by atoms with van der Waals surface area (Å²) in [7, 11) is -3.59. The molecule has 1 N–H and O–H groups in total. The van der Waals surface area contributed by atoms with Crippen molar-refractivity contribution in [2.24, 2.45) is 0 Å². The second-order valence-corrected chi connectivity index (χ2v) is 8.67. The minimum atomic E-state index is -3.59. The highest BCUT2D eigenvalue weighted by Crippen LogP contribution is 2.21. The van der Waals surface area contributed by atoms with Crippen molar-refractivity contribution in [2.75, 3.05) is 13.1 Å². The van der Waals surface area contributed by atoms with Crippen LogP contribution in [0.4, 0.5) is 0 Å². The third-order valence-electron chi connectivity index (χ3n) is 3.69. The maximum Gasteiger partial charge on any atom is 0.241 e. The zero-order chi connectivity index (χ0) is 18.0. The second kappa shape index (κ2) is 7.01. The van der Waals surface area contributed by atoms with Gasteiger partial charge in [-0.05, 0) is 52.7 Å². The molecule has 6 heteroatoms. The predicted molar refractivity (Wildman–Crippen MR) is 93.0 cm³/mol. The van der Waals surface area contributed by atoms with Crippen molar-refractivity contribution in [3.63, 3.8) is 0 Å². The van der Waals surface area contributed by atoms with Crippen LogP contribution in [-0.2, 0) is 14.8 Å². The Morgan fingerprint density at radius 3 is 2.00 bits per heavy atom. The van der Waals surface area contributed by atoms with Gasteiger partial charge in [-0.25, -0.2) is 13.1 Å². The van der Waals surface area contributed by atoms with Crippen LogP contribution in [0.5, 0.6) is 0 Å². The van der Waals surface area contributed by atoms with Gasteiger partial charge in [0.2, 0.25) is 15.9 Å². The summed E-state index contributed by atoms with van der Waals surface area (Å²) >= 11 is 0. The standard InChI is InChI=1S/C17H28N2O3S/c1-12-10-13(2)16(14(3)11-12)23(21,22)18-8-9-19(15(4)20)17(5,6)7/h10-11,18H,8-9H2,1-7H3. The maximum atomic E-state index is 12.6. The first kappa shape index (κ1) is 19.6. The summed E-state index contributed by atoms with van der Waals surface area (Å²) in [6, 6.07) is 3.72. The zero-order valence-corrected chi connectivity index (χ0v) is 16.0. The van der Waals surface area contributed by atoms with Crippen molar-refractivity contribution < 1.29 is 13.2 Å². The number of carbonyl (C=O) groups excluding carboxylic acids is 1. The van der Waals surface area contributed by atoms with Crippen molar-refractivity contribution in [1.82, 2.24) is 9.62 Å². The molecule has 0 saturated heterocycles. The number of aryl methyl sites for hydroxylation is 3. The molecule has 0 aliphatic rings. The van der Waals surface area contributed by atoms with E-state index in [0.717, 1.165) is 16.7 Å². The number of amides is 1. The highest BCUT2D eigenvalue weighted by Gasteiger charge is 2.25. The lowest BCUT2D eigenvalue weighted by atomic mass is 10.1. The molecule has 0 aliphatic carbocycles. The molecule has 1 aromatic rings. The van der Waals surface area contributed by atoms with Gasteiger partial charge in [-0.1, -0.05) is 17.7 Å². The molecule has 23 heavy (non-hydrogen) atoms. The Labute approximate surface area is 140 Å². The van der Waals surface area contributed by atoms with Crippen molar-refractivity contribution in [2.45, 2.75) is 58.9 Å². The molecule has 0 aliphatic heterocycles. The van der Waals surface area contributed by atoms with E-state index in [0.29, 0.717) is 11.4 Å². The summed E-state index contributed by atoms with van der Waals surface area (Å²) in [4.78, 5) is 13.7. The van der Waals surface area contributed by atoms with Gasteiger partial charge in [0.25, 0.3) is 0 Å². The molecule has 0 unspecified atom stereocenters. The number of rotatable bonds is 5. The number of benzene rings is 1. The molecule has 0 saturated carbocycles. The van der Waals surface area contributed by atoms with Gasteiger partial charge in [0.1, 0.15) is 0 Å². The average molecular weight is 340 g/mol. The number of nitrogens with zero attached hydrogens (tertiary/aromatic N) is 1. The van der Waals surface area contributed by atoms with Gasteiger partial charge in [-0.3, -0.25) is 4.79 Å². The van der Waals surface area contributed by atoms with Crippen LogP contribution in [0.3, 0.4) is 0 Å². The van der Waals surface area contributed by atoms with Crippen LogP contribution in [0.1, 0.15) is 44.4 Å². The molecule has 1 rings (SSSR count). The number of sulfonamides is 1. The quantitative estimate of drug-likeness (QED) is 0.896. The Morgan fingerprint density at radius 2 is 1.61 bits per heavy atom. The minimum absolute atomic E-state index is 0.0700. The van der Waals surface area contributed by atoms with Crippen LogP contribution in [0, 0.1) is 20.8 Å². The predicted octanol–water partition coefficient (Wildman–Crippen LogP) is 2.54. The fourth-order valence-corrected chi connectivity index (χ4v) is 4.39. The Morgan fingerprint density at radius 1 is 1.13 bits per heavy atom. The van der Waals surface area contributed by atoms with E-state index < -0.39 is 10.0 Å². The molecule has 0 atom stereocenters. The van der Waals surface area contributed by atoms with Crippen LogP contribution >= 0.6 is 0 Å². The summed E-state index contributed by atoms with van der Waals surface area (Å²) in [6.45, 7) is 13.3. The van der Waals surface area contributed by atoms with E-state index in [-0.39, 0.29) is 18.0 Å². The van der Waals surface area contributed by atoms with E-state index in [1.807, 2.05) is 39.8 Å². The van der Waals surface area contributed by atoms with Gasteiger partial charge >= 0.3 is 0 Å². The fourth-order valence-electron chi connectivity index (χ4n) is 2.92. The molecule has 0 spiro atoms. The molecule has 130 valence electrons. The number of nitrogens with one attached hydrogen (secondary N) is 1. The van der Waals surface area contributed by atoms with Gasteiger partial charge in [-0.15, -0.1) is 0 Å². The van der Waals surface area contributed by atoms with Crippen LogP contribution in [0.25, 0.3) is 0 Å². The normalized spacial score (nSPS) is 12.3. The Bertz CT molecular complexity index is 665. The largest absolute Gasteiger partial charge is 0.337 e. The molecule has 0 bridgehead atoms. The zero-order valence-electron chi connectivity index (χ0n) is 15.1. The first-order valence-electron chi connectivity index (χ1n) is 7.72. The van der Waals surface area contributed by atoms with Gasteiger partial charge < -0.3 is 4.90 Å². The smallest absolute Gasteiger partial charge is 0.241 e. The summed E-state index contributed by atoms with van der Waals surface area (Å²) in [5, 5.41) is 0. The van der Waals surface area contributed by atoms with Crippen LogP contribution in [-0.4, -0.2) is 37.9 Å². The van der Waals surface area contributed by atoms with Crippen molar-refractivity contribution in [3.05, 3.63) is 28.8 Å². The second-order valence-electron chi connectivity index (χ2n) is 6.97. The lowest BCUT2D eigenvalue weighted by molar-refractivity contribution is -0.133. The first-order chi connectivity index (χ1) is 10.4. The molecular formula is C17H28N2O3S. The third kappa shape index (κ3) is 5.04. The number of hydrogen-bond acceptors (Lipinski definition) is 3. The average Bonchev–Trinajstić information content (AvgIpc) is 2.30. The molecule has 0 heterocycles. The summed E-state index contributed by atoms with van der Waals surface area (Å²) < 4.78 is 27.8. The highest BCUT2D eigenvalue weighted by molar-refractivity contribution is 7.89. The molecule has 0 radical (unpaired) electrons. The van der Waals surface area contributed by atoms with Gasteiger partial charge in [-0.2, -0.15) is 0 Å². The summed E-state index contributed by atoms with van der Waals surface area (Å²) in [6.07, 6.45) is 0. The Kier molecular flexibility index (Phi) is 5.99. The highest BCUT2D eigenvalue weighted by atomic mass is 32.2. The van der Waals surface area contributed by atoms with E-state index in [1.54, 1.807) is 18.7 Å². The van der Waals surface area contributed by atoms with Gasteiger partial charge in [0, 0.05) is 25.6 Å². The van der Waals surface area contributed by atoms with Crippen LogP contribution < -0.4 is 4.72 Å². The Balaban J connectivity index is 2.91. The topological polar surface area (TPSA) is 66.5 Å². The van der Waals surface area contributed by atoms with E-state index in [4.69, 9.17) is 0 Å². The van der Waals surface area contributed by atoms with Gasteiger partial charge in [0.15, 0.2) is 0 Å². The van der Waals surface area contributed by atoms with E-state index in [9.17, 15) is 13.2 Å². The SMILES string of the molecule is CC(=O)N(CCNS(=O)(=O)c1c(C)cc(C)cc1C)C(C)(C)C. The summed E-state index contributed by atoms with van der Waals surface area (Å²) in [5.41, 5.74) is 2.16. The monoisotopic (exact) mass is 340 g/mol. The molecule has 1 aromatic carbocycles. The first-order valence-corrected chi connectivity index (χ1v) is 9.20. The van der Waals surface area contributed by atoms with Crippen LogP contribution in [0.15, 0.2) is 17.0 Å². The van der Waals surface area contributed by atoms with E-state index in [2.05, 4.69) is 4.72 Å². The fraction of sp³-hybridized carbons (Fsp3) is 0.588. The molecular weight excluding hydrogens is 312 g/mol. The Hall–Kier alpha value is -1.40. The van der Waals surface area contributed by atoms with Crippen molar-refractivity contribution >= 4 is 15.9 Å². The lowest BCUT2D eigenvalue weighted by Gasteiger charge is -2.35. The molecule has 1 amide bonds. The number of carbonyl (C=O) groups is 1. The third-order valence-corrected chi connectivity index (χ3v) is 5.46. The molecule has 0 fully saturated rings. The number of hydrogen-bond donors (Lipinski definition) is 1. The minimum Gasteiger partial charge on any atom is -0.337 e. The van der Waals surface area contributed by atoms with Crippen molar-refractivity contribution in [1.29, 1.82) is 0 Å². The van der Waals surface area contributed by atoms with E-state index >= 15 is 0 Å². The molecule has 5 nitrogen and oxygen atoms in total. The van der Waals surface area contributed by atoms with E-state index in [1.165, 1.54) is 6.92 Å². The van der Waals surface area contributed by atoms with Gasteiger partial charge in [0.05, 0.1) is 4.90 Å². The lowest BCUT2D eigenvalue weighted by Crippen LogP contribution is -2.48. The summed E-state index contributed by atoms with van der Waals surface area (Å²) in [5.74, 6) is -0.0700. The van der Waals surface area contributed by atoms with Crippen molar-refractivity contribution in [3.8, 4) is 0 Å². The maximum absolute atomic E-state index is 12.6. The molecule has 0 aromatic heterocycles.